The second-order valence-corrected chi connectivity index (χ2v) is 10.1. The predicted octanol–water partition coefficient (Wildman–Crippen LogP) is 5.95. The number of hydrogen-bond donors (Lipinski definition) is 3. The van der Waals surface area contributed by atoms with Gasteiger partial charge in [0.15, 0.2) is 0 Å². The molecule has 2 atom stereocenters. The molecule has 0 saturated heterocycles. The van der Waals surface area contributed by atoms with Crippen molar-refractivity contribution >= 4 is 5.91 Å². The van der Waals surface area contributed by atoms with E-state index >= 15 is 0 Å². The number of phenolic OH excluding ortho intramolecular Hbond substituents is 1. The van der Waals surface area contributed by atoms with Crippen LogP contribution in [0.2, 0.25) is 0 Å². The molecule has 0 spiro atoms. The second-order valence-electron chi connectivity index (χ2n) is 10.1. The summed E-state index contributed by atoms with van der Waals surface area (Å²) in [7, 11) is 0. The van der Waals surface area contributed by atoms with Gasteiger partial charge >= 0.3 is 0 Å². The first kappa shape index (κ1) is 24.7. The zero-order valence-corrected chi connectivity index (χ0v) is 19.6. The van der Waals surface area contributed by atoms with Crippen LogP contribution >= 0.6 is 0 Å². The molecule has 4 nitrogen and oxygen atoms in total. The van der Waals surface area contributed by atoms with Crippen LogP contribution in [0.15, 0.2) is 18.2 Å². The third kappa shape index (κ3) is 6.73. The first-order chi connectivity index (χ1) is 14.2. The second kappa shape index (κ2) is 11.2. The third-order valence-corrected chi connectivity index (χ3v) is 7.01. The van der Waals surface area contributed by atoms with E-state index in [2.05, 4.69) is 38.2 Å². The number of benzene rings is 1. The molecule has 2 unspecified atom stereocenters. The Labute approximate surface area is 183 Å². The average Bonchev–Trinajstić information content (AvgIpc) is 2.69. The molecule has 0 heterocycles. The standard InChI is InChI=1S/C26H43NO3/c1-5-6-7-8-14-25(3,4)22-12-13-23(24(30)18-22)21-11-9-15-26(19-21,16-10-17-28)27-20(2)29/h12-13,18,21,28,30H,5-11,14-17,19H2,1-4H3,(H,27,29). The van der Waals surface area contributed by atoms with E-state index in [1.54, 1.807) is 6.92 Å². The first-order valence-electron chi connectivity index (χ1n) is 12.0. The SMILES string of the molecule is CCCCCCC(C)(C)c1ccc(C2CCCC(CCCO)(NC(C)=O)C2)c(O)c1. The fourth-order valence-corrected chi connectivity index (χ4v) is 5.27. The molecule has 0 bridgehead atoms. The van der Waals surface area contributed by atoms with E-state index in [-0.39, 0.29) is 29.4 Å². The molecule has 30 heavy (non-hydrogen) atoms. The maximum absolute atomic E-state index is 11.8. The van der Waals surface area contributed by atoms with Crippen LogP contribution in [0.3, 0.4) is 0 Å². The quantitative estimate of drug-likeness (QED) is 0.390. The van der Waals surface area contributed by atoms with Gasteiger partial charge in [0, 0.05) is 19.1 Å². The lowest BCUT2D eigenvalue weighted by Gasteiger charge is -2.42. The third-order valence-electron chi connectivity index (χ3n) is 7.01. The number of rotatable bonds is 11. The molecule has 1 aromatic rings. The van der Waals surface area contributed by atoms with Gasteiger partial charge in [-0.1, -0.05) is 65.0 Å². The summed E-state index contributed by atoms with van der Waals surface area (Å²) in [5, 5.41) is 23.4. The fourth-order valence-electron chi connectivity index (χ4n) is 5.27. The minimum absolute atomic E-state index is 0.0158. The highest BCUT2D eigenvalue weighted by Crippen LogP contribution is 2.44. The zero-order chi connectivity index (χ0) is 22.2. The van der Waals surface area contributed by atoms with Gasteiger partial charge < -0.3 is 15.5 Å². The van der Waals surface area contributed by atoms with Crippen molar-refractivity contribution in [2.24, 2.45) is 0 Å². The van der Waals surface area contributed by atoms with Gasteiger partial charge in [-0.3, -0.25) is 4.79 Å². The summed E-state index contributed by atoms with van der Waals surface area (Å²) < 4.78 is 0. The molecule has 1 fully saturated rings. The highest BCUT2D eigenvalue weighted by atomic mass is 16.3. The molecule has 0 aromatic heterocycles. The van der Waals surface area contributed by atoms with Crippen molar-refractivity contribution in [3.8, 4) is 5.75 Å². The molecular formula is C26H43NO3. The Hall–Kier alpha value is -1.55. The summed E-state index contributed by atoms with van der Waals surface area (Å²) in [5.74, 6) is 0.601. The Balaban J connectivity index is 2.15. The summed E-state index contributed by atoms with van der Waals surface area (Å²) in [6.07, 6.45) is 11.4. The lowest BCUT2D eigenvalue weighted by molar-refractivity contribution is -0.121. The lowest BCUT2D eigenvalue weighted by Crippen LogP contribution is -2.50. The molecule has 3 N–H and O–H groups in total. The summed E-state index contributed by atoms with van der Waals surface area (Å²) in [6.45, 7) is 8.48. The van der Waals surface area contributed by atoms with Crippen LogP contribution < -0.4 is 5.32 Å². The van der Waals surface area contributed by atoms with E-state index in [1.807, 2.05) is 6.07 Å². The van der Waals surface area contributed by atoms with Crippen molar-refractivity contribution in [1.29, 1.82) is 0 Å². The van der Waals surface area contributed by atoms with Crippen molar-refractivity contribution in [2.75, 3.05) is 6.61 Å². The Morgan fingerprint density at radius 2 is 2.00 bits per heavy atom. The molecular weight excluding hydrogens is 374 g/mol. The van der Waals surface area contributed by atoms with Gasteiger partial charge in [0.2, 0.25) is 5.91 Å². The maximum Gasteiger partial charge on any atom is 0.217 e. The molecule has 2 rings (SSSR count). The van der Waals surface area contributed by atoms with Crippen LogP contribution in [0.4, 0.5) is 0 Å². The molecule has 0 aliphatic heterocycles. The first-order valence-corrected chi connectivity index (χ1v) is 12.0. The number of phenols is 1. The monoisotopic (exact) mass is 417 g/mol. The summed E-state index contributed by atoms with van der Waals surface area (Å²) >= 11 is 0. The van der Waals surface area contributed by atoms with Gasteiger partial charge in [-0.25, -0.2) is 0 Å². The fraction of sp³-hybridized carbons (Fsp3) is 0.731. The molecule has 1 saturated carbocycles. The van der Waals surface area contributed by atoms with E-state index in [4.69, 9.17) is 0 Å². The molecule has 1 aromatic carbocycles. The smallest absolute Gasteiger partial charge is 0.217 e. The van der Waals surface area contributed by atoms with E-state index in [1.165, 1.54) is 31.2 Å². The summed E-state index contributed by atoms with van der Waals surface area (Å²) in [6, 6.07) is 6.27. The molecule has 1 amide bonds. The van der Waals surface area contributed by atoms with Crippen LogP contribution in [0.5, 0.6) is 5.75 Å². The number of aliphatic hydroxyl groups is 1. The normalized spacial score (nSPS) is 22.1. The Morgan fingerprint density at radius 3 is 2.63 bits per heavy atom. The largest absolute Gasteiger partial charge is 0.508 e. The summed E-state index contributed by atoms with van der Waals surface area (Å²) in [5.41, 5.74) is 1.97. The Bertz CT molecular complexity index is 685. The number of aliphatic hydroxyl groups excluding tert-OH is 1. The number of unbranched alkanes of at least 4 members (excludes halogenated alkanes) is 3. The number of carbonyl (C=O) groups excluding carboxylic acids is 1. The van der Waals surface area contributed by atoms with Crippen molar-refractivity contribution in [3.05, 3.63) is 29.3 Å². The van der Waals surface area contributed by atoms with E-state index in [0.29, 0.717) is 12.2 Å². The number of hydrogen-bond acceptors (Lipinski definition) is 3. The number of nitrogens with one attached hydrogen (secondary N) is 1. The van der Waals surface area contributed by atoms with Gasteiger partial charge in [-0.15, -0.1) is 0 Å². The van der Waals surface area contributed by atoms with E-state index in [9.17, 15) is 15.0 Å². The topological polar surface area (TPSA) is 69.6 Å². The average molecular weight is 418 g/mol. The van der Waals surface area contributed by atoms with Crippen molar-refractivity contribution < 1.29 is 15.0 Å². The van der Waals surface area contributed by atoms with Crippen molar-refractivity contribution in [1.82, 2.24) is 5.32 Å². The number of amides is 1. The van der Waals surface area contributed by atoms with Gasteiger partial charge in [0.1, 0.15) is 5.75 Å². The maximum atomic E-state index is 11.8. The number of aromatic hydroxyl groups is 1. The predicted molar refractivity (Wildman–Crippen MR) is 124 cm³/mol. The van der Waals surface area contributed by atoms with Crippen LogP contribution in [-0.2, 0) is 10.2 Å². The van der Waals surface area contributed by atoms with Crippen LogP contribution in [0, 0.1) is 0 Å². The lowest BCUT2D eigenvalue weighted by atomic mass is 9.70. The zero-order valence-electron chi connectivity index (χ0n) is 19.6. The van der Waals surface area contributed by atoms with Gasteiger partial charge in [-0.05, 0) is 67.1 Å². The van der Waals surface area contributed by atoms with E-state index in [0.717, 1.165) is 44.1 Å². The molecule has 4 heteroatoms. The molecule has 170 valence electrons. The Morgan fingerprint density at radius 1 is 1.23 bits per heavy atom. The number of carbonyl (C=O) groups is 1. The molecule has 0 radical (unpaired) electrons. The van der Waals surface area contributed by atoms with Gasteiger partial charge in [0.25, 0.3) is 0 Å². The van der Waals surface area contributed by atoms with Gasteiger partial charge in [0.05, 0.1) is 0 Å². The summed E-state index contributed by atoms with van der Waals surface area (Å²) in [4.78, 5) is 11.8. The van der Waals surface area contributed by atoms with Crippen LogP contribution in [0.25, 0.3) is 0 Å². The van der Waals surface area contributed by atoms with Gasteiger partial charge in [-0.2, -0.15) is 0 Å². The van der Waals surface area contributed by atoms with Crippen LogP contribution in [0.1, 0.15) is 115 Å². The molecule has 1 aliphatic carbocycles. The van der Waals surface area contributed by atoms with E-state index < -0.39 is 0 Å². The minimum atomic E-state index is -0.277. The highest BCUT2D eigenvalue weighted by Gasteiger charge is 2.38. The minimum Gasteiger partial charge on any atom is -0.508 e. The highest BCUT2D eigenvalue weighted by molar-refractivity contribution is 5.73. The van der Waals surface area contributed by atoms with Crippen molar-refractivity contribution in [3.63, 3.8) is 0 Å². The Kier molecular flexibility index (Phi) is 9.21. The van der Waals surface area contributed by atoms with Crippen molar-refractivity contribution in [2.45, 2.75) is 115 Å². The molecule has 1 aliphatic rings. The van der Waals surface area contributed by atoms with Crippen LogP contribution in [-0.4, -0.2) is 28.3 Å².